The van der Waals surface area contributed by atoms with E-state index < -0.39 is 21.9 Å². The number of carbonyl (C=O) groups excluding carboxylic acids is 2. The predicted molar refractivity (Wildman–Crippen MR) is 110 cm³/mol. The van der Waals surface area contributed by atoms with Gasteiger partial charge in [-0.2, -0.15) is 9.57 Å². The molecule has 0 unspecified atom stereocenters. The van der Waals surface area contributed by atoms with Crippen LogP contribution in [0.25, 0.3) is 0 Å². The molecule has 0 bridgehead atoms. The average molecular weight is 442 g/mol. The summed E-state index contributed by atoms with van der Waals surface area (Å²) in [5.74, 6) is -1.50. The van der Waals surface area contributed by atoms with Gasteiger partial charge in [0, 0.05) is 13.1 Å². The molecular formula is C22H22N2O6S. The minimum Gasteiger partial charge on any atom is -0.465 e. The Labute approximate surface area is 181 Å². The third-order valence-corrected chi connectivity index (χ3v) is 7.12. The molecule has 0 amide bonds. The van der Waals surface area contributed by atoms with Gasteiger partial charge in [0.25, 0.3) is 0 Å². The number of ether oxygens (including phenoxy) is 2. The third-order valence-electron chi connectivity index (χ3n) is 5.16. The van der Waals surface area contributed by atoms with E-state index in [2.05, 4.69) is 4.74 Å². The fourth-order valence-corrected chi connectivity index (χ4v) is 5.04. The van der Waals surface area contributed by atoms with Gasteiger partial charge in [0.15, 0.2) is 0 Å². The summed E-state index contributed by atoms with van der Waals surface area (Å²) < 4.78 is 37.4. The van der Waals surface area contributed by atoms with Crippen LogP contribution in [0.3, 0.4) is 0 Å². The number of benzene rings is 2. The van der Waals surface area contributed by atoms with Gasteiger partial charge in [-0.25, -0.2) is 13.2 Å². The minimum atomic E-state index is -3.90. The van der Waals surface area contributed by atoms with Crippen LogP contribution in [0.4, 0.5) is 0 Å². The van der Waals surface area contributed by atoms with Gasteiger partial charge < -0.3 is 9.47 Å². The van der Waals surface area contributed by atoms with E-state index in [1.54, 1.807) is 36.4 Å². The molecule has 31 heavy (non-hydrogen) atoms. The van der Waals surface area contributed by atoms with Crippen molar-refractivity contribution in [3.05, 3.63) is 65.2 Å². The zero-order chi connectivity index (χ0) is 22.4. The van der Waals surface area contributed by atoms with Crippen LogP contribution in [0, 0.1) is 17.2 Å². The summed E-state index contributed by atoms with van der Waals surface area (Å²) in [5.41, 5.74) is 1.28. The molecule has 0 saturated carbocycles. The van der Waals surface area contributed by atoms with Crippen LogP contribution >= 0.6 is 0 Å². The van der Waals surface area contributed by atoms with Crippen molar-refractivity contribution >= 4 is 22.0 Å². The van der Waals surface area contributed by atoms with Crippen molar-refractivity contribution in [2.75, 3.05) is 20.2 Å². The minimum absolute atomic E-state index is 0.0195. The highest BCUT2D eigenvalue weighted by Crippen LogP contribution is 2.27. The van der Waals surface area contributed by atoms with Crippen LogP contribution in [0.15, 0.2) is 53.4 Å². The maximum atomic E-state index is 13.0. The zero-order valence-electron chi connectivity index (χ0n) is 17.0. The molecule has 0 aliphatic carbocycles. The van der Waals surface area contributed by atoms with Crippen molar-refractivity contribution < 1.29 is 27.5 Å². The van der Waals surface area contributed by atoms with Crippen LogP contribution in [-0.2, 0) is 30.9 Å². The molecule has 1 saturated heterocycles. The van der Waals surface area contributed by atoms with Gasteiger partial charge in [0.1, 0.15) is 6.61 Å². The van der Waals surface area contributed by atoms with E-state index in [9.17, 15) is 18.0 Å². The highest BCUT2D eigenvalue weighted by molar-refractivity contribution is 7.89. The van der Waals surface area contributed by atoms with Crippen LogP contribution in [0.2, 0.25) is 0 Å². The second-order valence-electron chi connectivity index (χ2n) is 7.08. The van der Waals surface area contributed by atoms with Crippen LogP contribution in [0.1, 0.15) is 34.3 Å². The van der Waals surface area contributed by atoms with Gasteiger partial charge in [-0.1, -0.05) is 24.3 Å². The summed E-state index contributed by atoms with van der Waals surface area (Å²) in [6.45, 7) is 0.387. The quantitative estimate of drug-likeness (QED) is 0.632. The second kappa shape index (κ2) is 9.73. The van der Waals surface area contributed by atoms with Gasteiger partial charge in [0.05, 0.1) is 35.1 Å². The van der Waals surface area contributed by atoms with E-state index >= 15 is 0 Å². The summed E-state index contributed by atoms with van der Waals surface area (Å²) in [7, 11) is -2.71. The molecule has 2 aromatic rings. The van der Waals surface area contributed by atoms with E-state index in [0.717, 1.165) is 5.56 Å². The summed E-state index contributed by atoms with van der Waals surface area (Å²) in [6, 6.07) is 14.7. The molecule has 1 heterocycles. The number of sulfonamides is 1. The highest BCUT2D eigenvalue weighted by atomic mass is 32.2. The Bertz CT molecular complexity index is 1100. The van der Waals surface area contributed by atoms with E-state index in [1.165, 1.54) is 23.5 Å². The van der Waals surface area contributed by atoms with Crippen molar-refractivity contribution in [3.8, 4) is 6.07 Å². The lowest BCUT2D eigenvalue weighted by Crippen LogP contribution is -2.41. The molecular weight excluding hydrogens is 420 g/mol. The first-order valence-electron chi connectivity index (χ1n) is 9.70. The maximum Gasteiger partial charge on any atom is 0.339 e. The SMILES string of the molecule is COC(=O)c1ccccc1S(=O)(=O)N1CCC(C(=O)OCc2ccc(C#N)cc2)CC1. The van der Waals surface area contributed by atoms with Crippen molar-refractivity contribution in [1.82, 2.24) is 4.31 Å². The summed E-state index contributed by atoms with van der Waals surface area (Å²) in [4.78, 5) is 24.2. The molecule has 8 nitrogen and oxygen atoms in total. The van der Waals surface area contributed by atoms with Gasteiger partial charge >= 0.3 is 11.9 Å². The fourth-order valence-electron chi connectivity index (χ4n) is 3.39. The Morgan fingerprint density at radius 3 is 2.35 bits per heavy atom. The molecule has 0 spiro atoms. The first-order valence-corrected chi connectivity index (χ1v) is 11.1. The normalized spacial score (nSPS) is 15.1. The number of hydrogen-bond donors (Lipinski definition) is 0. The Balaban J connectivity index is 1.60. The Morgan fingerprint density at radius 2 is 1.74 bits per heavy atom. The largest absolute Gasteiger partial charge is 0.465 e. The smallest absolute Gasteiger partial charge is 0.339 e. The summed E-state index contributed by atoms with van der Waals surface area (Å²) in [5, 5.41) is 8.82. The van der Waals surface area contributed by atoms with Crippen molar-refractivity contribution in [3.63, 3.8) is 0 Å². The van der Waals surface area contributed by atoms with Crippen molar-refractivity contribution in [2.45, 2.75) is 24.3 Å². The third kappa shape index (κ3) is 5.10. The van der Waals surface area contributed by atoms with Gasteiger partial charge in [-0.3, -0.25) is 4.79 Å². The lowest BCUT2D eigenvalue weighted by Gasteiger charge is -2.30. The molecule has 0 atom stereocenters. The molecule has 3 rings (SSSR count). The standard InChI is InChI=1S/C22H22N2O6S/c1-29-22(26)19-4-2-3-5-20(19)31(27,28)24-12-10-18(11-13-24)21(25)30-15-17-8-6-16(14-23)7-9-17/h2-9,18H,10-13,15H2,1H3. The highest BCUT2D eigenvalue weighted by Gasteiger charge is 2.34. The molecule has 162 valence electrons. The number of methoxy groups -OCH3 is 1. The van der Waals surface area contributed by atoms with Crippen LogP contribution in [-0.4, -0.2) is 44.9 Å². The van der Waals surface area contributed by atoms with E-state index in [-0.39, 0.29) is 36.1 Å². The lowest BCUT2D eigenvalue weighted by atomic mass is 9.98. The van der Waals surface area contributed by atoms with Crippen molar-refractivity contribution in [2.24, 2.45) is 5.92 Å². The first kappa shape index (κ1) is 22.5. The molecule has 1 aliphatic heterocycles. The number of esters is 2. The average Bonchev–Trinajstić information content (AvgIpc) is 2.82. The molecule has 2 aromatic carbocycles. The van der Waals surface area contributed by atoms with Crippen LogP contribution < -0.4 is 0 Å². The molecule has 1 fully saturated rings. The van der Waals surface area contributed by atoms with Gasteiger partial charge in [-0.15, -0.1) is 0 Å². The number of carbonyl (C=O) groups is 2. The molecule has 0 radical (unpaired) electrons. The van der Waals surface area contributed by atoms with Gasteiger partial charge in [0.2, 0.25) is 10.0 Å². The van der Waals surface area contributed by atoms with E-state index in [0.29, 0.717) is 18.4 Å². The first-order chi connectivity index (χ1) is 14.9. The molecule has 0 N–H and O–H groups in total. The molecule has 1 aliphatic rings. The fraction of sp³-hybridized carbons (Fsp3) is 0.318. The molecule has 0 aromatic heterocycles. The Hall–Kier alpha value is -3.22. The Kier molecular flexibility index (Phi) is 7.05. The van der Waals surface area contributed by atoms with Crippen molar-refractivity contribution in [1.29, 1.82) is 5.26 Å². The second-order valence-corrected chi connectivity index (χ2v) is 8.99. The number of nitriles is 1. The van der Waals surface area contributed by atoms with Crippen LogP contribution in [0.5, 0.6) is 0 Å². The topological polar surface area (TPSA) is 114 Å². The number of rotatable bonds is 6. The van der Waals surface area contributed by atoms with E-state index in [4.69, 9.17) is 10.00 Å². The van der Waals surface area contributed by atoms with E-state index in [1.807, 2.05) is 6.07 Å². The number of nitrogens with zero attached hydrogens (tertiary/aromatic N) is 2. The summed E-state index contributed by atoms with van der Waals surface area (Å²) in [6.07, 6.45) is 0.650. The maximum absolute atomic E-state index is 13.0. The number of piperidine rings is 1. The predicted octanol–water partition coefficient (Wildman–Crippen LogP) is 2.49. The van der Waals surface area contributed by atoms with Gasteiger partial charge in [-0.05, 0) is 42.7 Å². The zero-order valence-corrected chi connectivity index (χ0v) is 17.8. The number of hydrogen-bond acceptors (Lipinski definition) is 7. The lowest BCUT2D eigenvalue weighted by molar-refractivity contribution is -0.151. The monoisotopic (exact) mass is 442 g/mol. The summed E-state index contributed by atoms with van der Waals surface area (Å²) >= 11 is 0. The molecule has 9 heteroatoms. The Morgan fingerprint density at radius 1 is 1.10 bits per heavy atom.